The summed E-state index contributed by atoms with van der Waals surface area (Å²) in [5.74, 6) is 0. The van der Waals surface area contributed by atoms with Gasteiger partial charge in [0.1, 0.15) is 6.10 Å². The minimum absolute atomic E-state index is 0.0228. The minimum atomic E-state index is -0.126. The summed E-state index contributed by atoms with van der Waals surface area (Å²) in [6, 6.07) is 19.6. The number of hydrogen-bond acceptors (Lipinski definition) is 3. The molecule has 26 heavy (non-hydrogen) atoms. The number of para-hydroxylation sites is 1. The second kappa shape index (κ2) is 7.14. The SMILES string of the molecule is C[C@@H]1CN(C(=O)Nc2cccc3cccnc23)C[C@@H](c2ccccc2)O1. The number of amides is 2. The maximum absolute atomic E-state index is 12.9. The van der Waals surface area contributed by atoms with Crippen molar-refractivity contribution in [3.63, 3.8) is 0 Å². The number of carbonyl (C=O) groups is 1. The monoisotopic (exact) mass is 347 g/mol. The molecule has 0 aliphatic carbocycles. The number of anilines is 1. The van der Waals surface area contributed by atoms with Gasteiger partial charge in [-0.05, 0) is 24.6 Å². The molecule has 1 saturated heterocycles. The first kappa shape index (κ1) is 16.5. The van der Waals surface area contributed by atoms with Gasteiger partial charge in [0.05, 0.1) is 23.9 Å². The van der Waals surface area contributed by atoms with Crippen LogP contribution in [0.4, 0.5) is 10.5 Å². The van der Waals surface area contributed by atoms with Crippen LogP contribution in [-0.2, 0) is 4.74 Å². The number of ether oxygens (including phenoxy) is 1. The standard InChI is InChI=1S/C21H21N3O2/c1-15-13-24(14-19(26-15)16-7-3-2-4-8-16)21(25)23-18-11-5-9-17-10-6-12-22-20(17)18/h2-12,15,19H,13-14H2,1H3,(H,23,25)/t15-,19+/m1/s1. The van der Waals surface area contributed by atoms with E-state index >= 15 is 0 Å². The van der Waals surface area contributed by atoms with Crippen molar-refractivity contribution in [3.05, 3.63) is 72.4 Å². The lowest BCUT2D eigenvalue weighted by molar-refractivity contribution is -0.0642. The number of urea groups is 1. The number of rotatable bonds is 2. The molecule has 2 atom stereocenters. The Hall–Kier alpha value is -2.92. The summed E-state index contributed by atoms with van der Waals surface area (Å²) < 4.78 is 6.04. The summed E-state index contributed by atoms with van der Waals surface area (Å²) in [4.78, 5) is 19.1. The highest BCUT2D eigenvalue weighted by molar-refractivity contribution is 5.99. The van der Waals surface area contributed by atoms with Crippen LogP contribution in [0.3, 0.4) is 0 Å². The number of pyridine rings is 1. The summed E-state index contributed by atoms with van der Waals surface area (Å²) in [6.07, 6.45) is 1.60. The molecule has 2 amide bonds. The largest absolute Gasteiger partial charge is 0.367 e. The van der Waals surface area contributed by atoms with Crippen LogP contribution in [0.25, 0.3) is 10.9 Å². The number of aromatic nitrogens is 1. The molecule has 0 spiro atoms. The van der Waals surface area contributed by atoms with Crippen molar-refractivity contribution in [3.8, 4) is 0 Å². The van der Waals surface area contributed by atoms with Crippen molar-refractivity contribution < 1.29 is 9.53 Å². The van der Waals surface area contributed by atoms with E-state index < -0.39 is 0 Å². The molecule has 2 heterocycles. The number of nitrogens with one attached hydrogen (secondary N) is 1. The molecule has 0 unspecified atom stereocenters. The maximum Gasteiger partial charge on any atom is 0.322 e. The van der Waals surface area contributed by atoms with Crippen molar-refractivity contribution in [1.82, 2.24) is 9.88 Å². The quantitative estimate of drug-likeness (QED) is 0.755. The Morgan fingerprint density at radius 3 is 2.73 bits per heavy atom. The molecule has 132 valence electrons. The zero-order valence-electron chi connectivity index (χ0n) is 14.6. The van der Waals surface area contributed by atoms with Gasteiger partial charge < -0.3 is 15.0 Å². The van der Waals surface area contributed by atoms with Crippen LogP contribution in [0.15, 0.2) is 66.9 Å². The van der Waals surface area contributed by atoms with Gasteiger partial charge in [-0.2, -0.15) is 0 Å². The lowest BCUT2D eigenvalue weighted by atomic mass is 10.1. The van der Waals surface area contributed by atoms with E-state index in [4.69, 9.17) is 4.74 Å². The van der Waals surface area contributed by atoms with Crippen molar-refractivity contribution in [2.75, 3.05) is 18.4 Å². The summed E-state index contributed by atoms with van der Waals surface area (Å²) in [5.41, 5.74) is 2.61. The Bertz CT molecular complexity index is 908. The number of benzene rings is 2. The number of morpholine rings is 1. The average molecular weight is 347 g/mol. The number of hydrogen-bond donors (Lipinski definition) is 1. The molecule has 1 aromatic heterocycles. The van der Waals surface area contributed by atoms with Crippen LogP contribution in [0.1, 0.15) is 18.6 Å². The molecule has 0 bridgehead atoms. The van der Waals surface area contributed by atoms with Crippen LogP contribution in [0, 0.1) is 0 Å². The predicted octanol–water partition coefficient (Wildman–Crippen LogP) is 4.23. The zero-order chi connectivity index (χ0) is 17.9. The highest BCUT2D eigenvalue weighted by atomic mass is 16.5. The van der Waals surface area contributed by atoms with Gasteiger partial charge >= 0.3 is 6.03 Å². The van der Waals surface area contributed by atoms with E-state index in [2.05, 4.69) is 10.3 Å². The molecule has 1 aliphatic rings. The van der Waals surface area contributed by atoms with Crippen molar-refractivity contribution in [1.29, 1.82) is 0 Å². The fourth-order valence-corrected chi connectivity index (χ4v) is 3.37. The van der Waals surface area contributed by atoms with E-state index in [-0.39, 0.29) is 18.2 Å². The molecule has 2 aromatic carbocycles. The Morgan fingerprint density at radius 2 is 1.88 bits per heavy atom. The Balaban J connectivity index is 1.53. The van der Waals surface area contributed by atoms with Crippen LogP contribution in [0.2, 0.25) is 0 Å². The lowest BCUT2D eigenvalue weighted by Crippen LogP contribution is -2.47. The third-order valence-corrected chi connectivity index (χ3v) is 4.59. The third kappa shape index (κ3) is 3.39. The molecule has 0 saturated carbocycles. The van der Waals surface area contributed by atoms with Crippen LogP contribution in [-0.4, -0.2) is 35.1 Å². The molecule has 1 N–H and O–H groups in total. The van der Waals surface area contributed by atoms with E-state index in [1.165, 1.54) is 0 Å². The highest BCUT2D eigenvalue weighted by Crippen LogP contribution is 2.26. The first-order valence-electron chi connectivity index (χ1n) is 8.81. The molecule has 1 fully saturated rings. The Morgan fingerprint density at radius 1 is 1.08 bits per heavy atom. The highest BCUT2D eigenvalue weighted by Gasteiger charge is 2.29. The van der Waals surface area contributed by atoms with E-state index in [1.54, 1.807) is 6.20 Å². The third-order valence-electron chi connectivity index (χ3n) is 4.59. The molecule has 4 rings (SSSR count). The molecule has 3 aromatic rings. The maximum atomic E-state index is 12.9. The van der Waals surface area contributed by atoms with E-state index in [1.807, 2.05) is 72.5 Å². The first-order valence-corrected chi connectivity index (χ1v) is 8.81. The molecular formula is C21H21N3O2. The van der Waals surface area contributed by atoms with Gasteiger partial charge in [0.15, 0.2) is 0 Å². The molecule has 1 aliphatic heterocycles. The fourth-order valence-electron chi connectivity index (χ4n) is 3.37. The second-order valence-electron chi connectivity index (χ2n) is 6.56. The van der Waals surface area contributed by atoms with E-state index in [0.29, 0.717) is 13.1 Å². The first-order chi connectivity index (χ1) is 12.7. The average Bonchev–Trinajstić information content (AvgIpc) is 2.68. The van der Waals surface area contributed by atoms with Gasteiger partial charge in [-0.1, -0.05) is 48.5 Å². The summed E-state index contributed by atoms with van der Waals surface area (Å²) in [7, 11) is 0. The smallest absolute Gasteiger partial charge is 0.322 e. The van der Waals surface area contributed by atoms with E-state index in [0.717, 1.165) is 22.2 Å². The fraction of sp³-hybridized carbons (Fsp3) is 0.238. The van der Waals surface area contributed by atoms with Gasteiger partial charge in [0.25, 0.3) is 0 Å². The van der Waals surface area contributed by atoms with Gasteiger partial charge in [-0.3, -0.25) is 4.98 Å². The Labute approximate surface area is 152 Å². The van der Waals surface area contributed by atoms with Crippen LogP contribution in [0.5, 0.6) is 0 Å². The summed E-state index contributed by atoms with van der Waals surface area (Å²) in [5, 5.41) is 4.02. The summed E-state index contributed by atoms with van der Waals surface area (Å²) in [6.45, 7) is 3.08. The van der Waals surface area contributed by atoms with Gasteiger partial charge in [-0.15, -0.1) is 0 Å². The Kier molecular flexibility index (Phi) is 4.54. The molecule has 0 radical (unpaired) electrons. The van der Waals surface area contributed by atoms with Crippen molar-refractivity contribution in [2.45, 2.75) is 19.1 Å². The number of fused-ring (bicyclic) bond motifs is 1. The van der Waals surface area contributed by atoms with Crippen LogP contribution >= 0.6 is 0 Å². The van der Waals surface area contributed by atoms with E-state index in [9.17, 15) is 4.79 Å². The van der Waals surface area contributed by atoms with Crippen molar-refractivity contribution >= 4 is 22.6 Å². The predicted molar refractivity (Wildman–Crippen MR) is 102 cm³/mol. The topological polar surface area (TPSA) is 54.5 Å². The normalized spacial score (nSPS) is 20.1. The van der Waals surface area contributed by atoms with Gasteiger partial charge in [0, 0.05) is 18.1 Å². The van der Waals surface area contributed by atoms with Gasteiger partial charge in [-0.25, -0.2) is 4.79 Å². The molecule has 5 nitrogen and oxygen atoms in total. The number of carbonyl (C=O) groups excluding carboxylic acids is 1. The van der Waals surface area contributed by atoms with Gasteiger partial charge in [0.2, 0.25) is 0 Å². The second-order valence-corrected chi connectivity index (χ2v) is 6.56. The molecular weight excluding hydrogens is 326 g/mol. The minimum Gasteiger partial charge on any atom is -0.367 e. The lowest BCUT2D eigenvalue weighted by Gasteiger charge is -2.37. The summed E-state index contributed by atoms with van der Waals surface area (Å²) >= 11 is 0. The van der Waals surface area contributed by atoms with Crippen molar-refractivity contribution in [2.24, 2.45) is 0 Å². The zero-order valence-corrected chi connectivity index (χ0v) is 14.6. The van der Waals surface area contributed by atoms with Crippen LogP contribution < -0.4 is 5.32 Å². The number of nitrogens with zero attached hydrogens (tertiary/aromatic N) is 2. The molecule has 5 heteroatoms.